The highest BCUT2D eigenvalue weighted by molar-refractivity contribution is 5.81. The van der Waals surface area contributed by atoms with Gasteiger partial charge in [0, 0.05) is 0 Å². The summed E-state index contributed by atoms with van der Waals surface area (Å²) in [4.78, 5) is 23.6. The molecule has 2 N–H and O–H groups in total. The van der Waals surface area contributed by atoms with E-state index < -0.39 is 18.0 Å². The van der Waals surface area contributed by atoms with Gasteiger partial charge in [0.15, 0.2) is 0 Å². The van der Waals surface area contributed by atoms with Crippen molar-refractivity contribution >= 4 is 11.9 Å². The van der Waals surface area contributed by atoms with Gasteiger partial charge in [-0.15, -0.1) is 0 Å². The zero-order valence-electron chi connectivity index (χ0n) is 26.3. The van der Waals surface area contributed by atoms with Crippen LogP contribution in [-0.2, 0) is 14.3 Å². The Morgan fingerprint density at radius 3 is 1.23 bits per heavy atom. The summed E-state index contributed by atoms with van der Waals surface area (Å²) in [6.45, 7) is 5.57. The molecule has 0 aromatic heterocycles. The maximum Gasteiger partial charge on any atom is 0.321 e. The Morgan fingerprint density at radius 2 is 0.872 bits per heavy atom. The molecule has 0 aromatic rings. The Hall–Kier alpha value is -1.10. The molecular weight excluding hydrogens is 486 g/mol. The molecule has 5 nitrogen and oxygen atoms in total. The van der Waals surface area contributed by atoms with E-state index in [9.17, 15) is 14.7 Å². The van der Waals surface area contributed by atoms with E-state index in [1.54, 1.807) is 0 Å². The van der Waals surface area contributed by atoms with Crippen LogP contribution in [0.25, 0.3) is 0 Å². The van der Waals surface area contributed by atoms with E-state index in [0.717, 1.165) is 25.7 Å². The second-order valence-electron chi connectivity index (χ2n) is 11.8. The van der Waals surface area contributed by atoms with Crippen molar-refractivity contribution in [3.63, 3.8) is 0 Å². The van der Waals surface area contributed by atoms with Gasteiger partial charge in [-0.3, -0.25) is 9.59 Å². The van der Waals surface area contributed by atoms with Crippen LogP contribution in [0, 0.1) is 0 Å². The summed E-state index contributed by atoms with van der Waals surface area (Å²) in [5.74, 6) is -1.37. The summed E-state index contributed by atoms with van der Waals surface area (Å²) in [7, 11) is 0. The number of carboxylic acids is 1. The van der Waals surface area contributed by atoms with E-state index in [0.29, 0.717) is 13.2 Å². The third-order valence-electron chi connectivity index (χ3n) is 7.85. The molecule has 0 aromatic carbocycles. The van der Waals surface area contributed by atoms with E-state index in [2.05, 4.69) is 19.2 Å². The van der Waals surface area contributed by atoms with Gasteiger partial charge >= 0.3 is 11.9 Å². The smallest absolute Gasteiger partial charge is 0.321 e. The molecule has 0 aliphatic carbocycles. The van der Waals surface area contributed by atoms with E-state index in [1.165, 1.54) is 141 Å². The van der Waals surface area contributed by atoms with Gasteiger partial charge in [0.1, 0.15) is 6.04 Å². The van der Waals surface area contributed by atoms with Gasteiger partial charge < -0.3 is 15.2 Å². The minimum absolute atomic E-state index is 0.0912. The molecule has 0 heterocycles. The van der Waals surface area contributed by atoms with Crippen LogP contribution in [-0.4, -0.2) is 36.2 Å². The fourth-order valence-electron chi connectivity index (χ4n) is 5.20. The summed E-state index contributed by atoms with van der Waals surface area (Å²) in [6, 6.07) is -0.846. The number of unbranched alkanes of at least 4 members (excludes halogenated alkanes) is 24. The maximum absolute atomic E-state index is 12.1. The van der Waals surface area contributed by atoms with Crippen LogP contribution in [0.15, 0.2) is 0 Å². The molecule has 0 rings (SSSR count). The molecule has 0 radical (unpaired) electrons. The third kappa shape index (κ3) is 29.7. The number of aliphatic carboxylic acids is 1. The quantitative estimate of drug-likeness (QED) is 0.0640. The molecule has 5 heteroatoms. The molecule has 0 amide bonds. The predicted octanol–water partition coefficient (Wildman–Crippen LogP) is 10.1. The summed E-state index contributed by atoms with van der Waals surface area (Å²) in [5, 5.41) is 12.5. The number of ether oxygens (including phenoxy) is 1. The molecular formula is C34H67NO4. The standard InChI is InChI=1S/C34H67NO4/c1-3-5-7-9-11-13-15-16-17-18-20-22-24-26-28-30-39-33(36)31-32(34(37)38)35-29-27-25-23-21-19-14-12-10-8-6-4-2/h32,35H,3-31H2,1-2H3,(H,37,38). The number of rotatable bonds is 32. The van der Waals surface area contributed by atoms with Crippen LogP contribution >= 0.6 is 0 Å². The van der Waals surface area contributed by atoms with Crippen molar-refractivity contribution < 1.29 is 19.4 Å². The first-order valence-corrected chi connectivity index (χ1v) is 17.2. The number of carbonyl (C=O) groups is 2. The molecule has 0 saturated heterocycles. The van der Waals surface area contributed by atoms with Crippen molar-refractivity contribution in [1.29, 1.82) is 0 Å². The molecule has 0 spiro atoms. The van der Waals surface area contributed by atoms with E-state index in [1.807, 2.05) is 0 Å². The molecule has 232 valence electrons. The van der Waals surface area contributed by atoms with Crippen molar-refractivity contribution in [3.05, 3.63) is 0 Å². The van der Waals surface area contributed by atoms with Crippen LogP contribution in [0.2, 0.25) is 0 Å². The summed E-state index contributed by atoms with van der Waals surface area (Å²) < 4.78 is 5.31. The fraction of sp³-hybridized carbons (Fsp3) is 0.941. The molecule has 1 unspecified atom stereocenters. The van der Waals surface area contributed by atoms with E-state index in [4.69, 9.17) is 4.74 Å². The van der Waals surface area contributed by atoms with Gasteiger partial charge in [-0.25, -0.2) is 0 Å². The van der Waals surface area contributed by atoms with E-state index in [-0.39, 0.29) is 6.42 Å². The second kappa shape index (κ2) is 31.4. The first-order chi connectivity index (χ1) is 19.1. The van der Waals surface area contributed by atoms with E-state index >= 15 is 0 Å². The Bertz CT molecular complexity index is 525. The monoisotopic (exact) mass is 554 g/mol. The maximum atomic E-state index is 12.1. The lowest BCUT2D eigenvalue weighted by molar-refractivity contribution is -0.149. The lowest BCUT2D eigenvalue weighted by Gasteiger charge is -2.14. The summed E-state index contributed by atoms with van der Waals surface area (Å²) >= 11 is 0. The highest BCUT2D eigenvalue weighted by atomic mass is 16.5. The zero-order valence-corrected chi connectivity index (χ0v) is 26.3. The molecule has 0 bridgehead atoms. The van der Waals surface area contributed by atoms with Crippen molar-refractivity contribution in [2.24, 2.45) is 0 Å². The summed E-state index contributed by atoms with van der Waals surface area (Å²) in [5.41, 5.74) is 0. The zero-order chi connectivity index (χ0) is 28.7. The van der Waals surface area contributed by atoms with Gasteiger partial charge in [-0.05, 0) is 19.4 Å². The topological polar surface area (TPSA) is 75.6 Å². The first kappa shape index (κ1) is 37.9. The lowest BCUT2D eigenvalue weighted by Crippen LogP contribution is -2.39. The average Bonchev–Trinajstić information content (AvgIpc) is 2.92. The Morgan fingerprint density at radius 1 is 0.538 bits per heavy atom. The van der Waals surface area contributed by atoms with Crippen molar-refractivity contribution in [2.45, 2.75) is 193 Å². The number of hydrogen-bond donors (Lipinski definition) is 2. The number of carbonyl (C=O) groups excluding carboxylic acids is 1. The van der Waals surface area contributed by atoms with Gasteiger partial charge in [-0.1, -0.05) is 168 Å². The van der Waals surface area contributed by atoms with Crippen molar-refractivity contribution in [1.82, 2.24) is 5.32 Å². The second-order valence-corrected chi connectivity index (χ2v) is 11.8. The number of carboxylic acid groups (broad SMARTS) is 1. The van der Waals surface area contributed by atoms with Crippen LogP contribution in [0.5, 0.6) is 0 Å². The molecule has 0 aliphatic heterocycles. The van der Waals surface area contributed by atoms with Crippen LogP contribution in [0.4, 0.5) is 0 Å². The highest BCUT2D eigenvalue weighted by Crippen LogP contribution is 2.14. The number of hydrogen-bond acceptors (Lipinski definition) is 4. The van der Waals surface area contributed by atoms with Crippen LogP contribution in [0.3, 0.4) is 0 Å². The minimum atomic E-state index is -0.970. The first-order valence-electron chi connectivity index (χ1n) is 17.2. The predicted molar refractivity (Wildman–Crippen MR) is 166 cm³/mol. The minimum Gasteiger partial charge on any atom is -0.480 e. The third-order valence-corrected chi connectivity index (χ3v) is 7.85. The molecule has 0 aliphatic rings. The fourth-order valence-corrected chi connectivity index (χ4v) is 5.20. The lowest BCUT2D eigenvalue weighted by atomic mass is 10.0. The van der Waals surface area contributed by atoms with Gasteiger partial charge in [-0.2, -0.15) is 0 Å². The molecule has 0 fully saturated rings. The largest absolute Gasteiger partial charge is 0.480 e. The van der Waals surface area contributed by atoms with Gasteiger partial charge in [0.2, 0.25) is 0 Å². The SMILES string of the molecule is CCCCCCCCCCCCCCCCCOC(=O)CC(NCCCCCCCCCCCCC)C(=O)O. The summed E-state index contributed by atoms with van der Waals surface area (Å²) in [6.07, 6.45) is 33.4. The normalized spacial score (nSPS) is 12.1. The Balaban J connectivity index is 3.51. The highest BCUT2D eigenvalue weighted by Gasteiger charge is 2.21. The molecule has 39 heavy (non-hydrogen) atoms. The molecule has 0 saturated carbocycles. The Labute approximate surface area is 243 Å². The molecule has 1 atom stereocenters. The van der Waals surface area contributed by atoms with Crippen molar-refractivity contribution in [2.75, 3.05) is 13.2 Å². The number of esters is 1. The van der Waals surface area contributed by atoms with Crippen LogP contribution < -0.4 is 5.32 Å². The van der Waals surface area contributed by atoms with Gasteiger partial charge in [0.05, 0.1) is 13.0 Å². The average molecular weight is 554 g/mol. The number of nitrogens with one attached hydrogen (secondary N) is 1. The van der Waals surface area contributed by atoms with Gasteiger partial charge in [0.25, 0.3) is 0 Å². The van der Waals surface area contributed by atoms with Crippen molar-refractivity contribution in [3.8, 4) is 0 Å². The van der Waals surface area contributed by atoms with Crippen LogP contribution in [0.1, 0.15) is 187 Å². The Kier molecular flexibility index (Phi) is 30.5.